The summed E-state index contributed by atoms with van der Waals surface area (Å²) in [7, 11) is 3.81. The molecule has 0 aliphatic carbocycles. The molecule has 0 saturated carbocycles. The summed E-state index contributed by atoms with van der Waals surface area (Å²) in [5.41, 5.74) is 5.90. The SMILES string of the molecule is CN(C)CCN(CC(=O)O)c1ccnc(C(N)=O)c1. The summed E-state index contributed by atoms with van der Waals surface area (Å²) >= 11 is 0. The number of anilines is 1. The normalized spacial score (nSPS) is 10.5. The zero-order chi connectivity index (χ0) is 14.4. The van der Waals surface area contributed by atoms with Gasteiger partial charge in [0.2, 0.25) is 0 Å². The van der Waals surface area contributed by atoms with Crippen LogP contribution in [0.4, 0.5) is 5.69 Å². The molecule has 7 nitrogen and oxygen atoms in total. The second-order valence-electron chi connectivity index (χ2n) is 4.38. The zero-order valence-electron chi connectivity index (χ0n) is 11.0. The largest absolute Gasteiger partial charge is 0.480 e. The minimum absolute atomic E-state index is 0.123. The van der Waals surface area contributed by atoms with Gasteiger partial charge in [0, 0.05) is 25.0 Å². The number of carbonyl (C=O) groups is 2. The molecule has 104 valence electrons. The smallest absolute Gasteiger partial charge is 0.323 e. The van der Waals surface area contributed by atoms with E-state index in [2.05, 4.69) is 4.98 Å². The standard InChI is InChI=1S/C12H18N4O3/c1-15(2)5-6-16(8-11(17)18)9-3-4-14-10(7-9)12(13)19/h3-4,7H,5-6,8H2,1-2H3,(H2,13,19)(H,17,18). The van der Waals surface area contributed by atoms with E-state index in [-0.39, 0.29) is 12.2 Å². The molecule has 1 heterocycles. The molecule has 0 aliphatic heterocycles. The van der Waals surface area contributed by atoms with Crippen LogP contribution in [0.25, 0.3) is 0 Å². The van der Waals surface area contributed by atoms with Gasteiger partial charge in [-0.2, -0.15) is 0 Å². The number of primary amides is 1. The van der Waals surface area contributed by atoms with Crippen LogP contribution in [0.15, 0.2) is 18.3 Å². The van der Waals surface area contributed by atoms with E-state index in [1.807, 2.05) is 19.0 Å². The number of pyridine rings is 1. The highest BCUT2D eigenvalue weighted by Crippen LogP contribution is 2.14. The zero-order valence-corrected chi connectivity index (χ0v) is 11.0. The van der Waals surface area contributed by atoms with Crippen molar-refractivity contribution >= 4 is 17.6 Å². The van der Waals surface area contributed by atoms with E-state index >= 15 is 0 Å². The number of hydrogen-bond donors (Lipinski definition) is 2. The van der Waals surface area contributed by atoms with Crippen LogP contribution in [0.1, 0.15) is 10.5 Å². The van der Waals surface area contributed by atoms with Gasteiger partial charge in [0.15, 0.2) is 0 Å². The Kier molecular flexibility index (Phi) is 5.25. The number of carboxylic acid groups (broad SMARTS) is 1. The van der Waals surface area contributed by atoms with Crippen molar-refractivity contribution in [2.45, 2.75) is 0 Å². The number of hydrogen-bond acceptors (Lipinski definition) is 5. The number of aromatic nitrogens is 1. The highest BCUT2D eigenvalue weighted by atomic mass is 16.4. The van der Waals surface area contributed by atoms with Crippen molar-refractivity contribution in [3.05, 3.63) is 24.0 Å². The second-order valence-corrected chi connectivity index (χ2v) is 4.38. The van der Waals surface area contributed by atoms with Crippen molar-refractivity contribution in [2.24, 2.45) is 5.73 Å². The number of carbonyl (C=O) groups excluding carboxylic acids is 1. The van der Waals surface area contributed by atoms with E-state index in [0.717, 1.165) is 0 Å². The number of aliphatic carboxylic acids is 1. The van der Waals surface area contributed by atoms with Gasteiger partial charge in [-0.3, -0.25) is 14.6 Å². The van der Waals surface area contributed by atoms with Crippen molar-refractivity contribution in [1.82, 2.24) is 9.88 Å². The Hall–Kier alpha value is -2.15. The number of nitrogens with zero attached hydrogens (tertiary/aromatic N) is 3. The molecule has 1 rings (SSSR count). The van der Waals surface area contributed by atoms with Gasteiger partial charge in [0.05, 0.1) is 0 Å². The summed E-state index contributed by atoms with van der Waals surface area (Å²) < 4.78 is 0. The number of nitrogens with two attached hydrogens (primary N) is 1. The molecule has 0 aromatic carbocycles. The van der Waals surface area contributed by atoms with Crippen LogP contribution in [0, 0.1) is 0 Å². The number of amides is 1. The van der Waals surface area contributed by atoms with Crippen LogP contribution in [0.5, 0.6) is 0 Å². The van der Waals surface area contributed by atoms with E-state index in [9.17, 15) is 9.59 Å². The third kappa shape index (κ3) is 4.92. The maximum atomic E-state index is 11.1. The summed E-state index contributed by atoms with van der Waals surface area (Å²) in [5.74, 6) is -1.57. The van der Waals surface area contributed by atoms with Crippen molar-refractivity contribution in [3.8, 4) is 0 Å². The Morgan fingerprint density at radius 3 is 2.58 bits per heavy atom. The van der Waals surface area contributed by atoms with E-state index in [4.69, 9.17) is 10.8 Å². The number of likely N-dealkylation sites (N-methyl/N-ethyl adjacent to an activating group) is 1. The van der Waals surface area contributed by atoms with Gasteiger partial charge < -0.3 is 20.6 Å². The molecule has 1 aromatic rings. The van der Waals surface area contributed by atoms with E-state index in [0.29, 0.717) is 18.8 Å². The second kappa shape index (κ2) is 6.69. The van der Waals surface area contributed by atoms with Crippen LogP contribution in [0.2, 0.25) is 0 Å². The molecule has 0 saturated heterocycles. The fourth-order valence-electron chi connectivity index (χ4n) is 1.53. The summed E-state index contributed by atoms with van der Waals surface area (Å²) in [4.78, 5) is 29.4. The van der Waals surface area contributed by atoms with Crippen molar-refractivity contribution in [3.63, 3.8) is 0 Å². The van der Waals surface area contributed by atoms with Crippen molar-refractivity contribution < 1.29 is 14.7 Å². The van der Waals surface area contributed by atoms with Gasteiger partial charge in [-0.1, -0.05) is 0 Å². The molecule has 0 unspecified atom stereocenters. The Bertz CT molecular complexity index is 462. The van der Waals surface area contributed by atoms with E-state index in [1.165, 1.54) is 12.3 Å². The minimum Gasteiger partial charge on any atom is -0.480 e. The molecular formula is C12H18N4O3. The monoisotopic (exact) mass is 266 g/mol. The highest BCUT2D eigenvalue weighted by Gasteiger charge is 2.13. The first-order valence-electron chi connectivity index (χ1n) is 5.77. The molecule has 0 spiro atoms. The minimum atomic E-state index is -0.934. The first-order valence-corrected chi connectivity index (χ1v) is 5.77. The molecule has 0 fully saturated rings. The summed E-state index contributed by atoms with van der Waals surface area (Å²) in [6.45, 7) is 1.08. The van der Waals surface area contributed by atoms with Crippen LogP contribution >= 0.6 is 0 Å². The van der Waals surface area contributed by atoms with Crippen molar-refractivity contribution in [1.29, 1.82) is 0 Å². The molecular weight excluding hydrogens is 248 g/mol. The lowest BCUT2D eigenvalue weighted by Gasteiger charge is -2.24. The Morgan fingerprint density at radius 1 is 1.37 bits per heavy atom. The Morgan fingerprint density at radius 2 is 2.05 bits per heavy atom. The van der Waals surface area contributed by atoms with Gasteiger partial charge in [-0.05, 0) is 26.2 Å². The third-order valence-corrected chi connectivity index (χ3v) is 2.50. The molecule has 0 bridgehead atoms. The highest BCUT2D eigenvalue weighted by molar-refractivity contribution is 5.91. The molecule has 3 N–H and O–H groups in total. The maximum absolute atomic E-state index is 11.1. The fourth-order valence-corrected chi connectivity index (χ4v) is 1.53. The van der Waals surface area contributed by atoms with Crippen molar-refractivity contribution in [2.75, 3.05) is 38.6 Å². The lowest BCUT2D eigenvalue weighted by molar-refractivity contribution is -0.135. The average molecular weight is 266 g/mol. The molecule has 0 atom stereocenters. The lowest BCUT2D eigenvalue weighted by atomic mass is 10.2. The summed E-state index contributed by atoms with van der Waals surface area (Å²) in [6.07, 6.45) is 1.44. The maximum Gasteiger partial charge on any atom is 0.323 e. The van der Waals surface area contributed by atoms with Gasteiger partial charge in [0.1, 0.15) is 12.2 Å². The number of rotatable bonds is 7. The van der Waals surface area contributed by atoms with Gasteiger partial charge >= 0.3 is 5.97 Å². The van der Waals surface area contributed by atoms with Crippen LogP contribution in [-0.4, -0.2) is 60.6 Å². The molecule has 0 radical (unpaired) electrons. The average Bonchev–Trinajstić information content (AvgIpc) is 2.34. The Balaban J connectivity index is 2.92. The van der Waals surface area contributed by atoms with Crippen LogP contribution in [-0.2, 0) is 4.79 Å². The summed E-state index contributed by atoms with van der Waals surface area (Å²) in [5, 5.41) is 8.93. The summed E-state index contributed by atoms with van der Waals surface area (Å²) in [6, 6.07) is 3.16. The fraction of sp³-hybridized carbons (Fsp3) is 0.417. The lowest BCUT2D eigenvalue weighted by Crippen LogP contribution is -2.35. The molecule has 1 amide bonds. The Labute approximate surface area is 111 Å². The third-order valence-electron chi connectivity index (χ3n) is 2.50. The first kappa shape index (κ1) is 14.9. The predicted molar refractivity (Wildman–Crippen MR) is 71.2 cm³/mol. The van der Waals surface area contributed by atoms with Gasteiger partial charge in [-0.25, -0.2) is 0 Å². The molecule has 7 heteroatoms. The van der Waals surface area contributed by atoms with Crippen LogP contribution < -0.4 is 10.6 Å². The molecule has 19 heavy (non-hydrogen) atoms. The molecule has 1 aromatic heterocycles. The quantitative estimate of drug-likeness (QED) is 0.698. The van der Waals surface area contributed by atoms with E-state index in [1.54, 1.807) is 11.0 Å². The first-order chi connectivity index (χ1) is 8.90. The van der Waals surface area contributed by atoms with Gasteiger partial charge in [0.25, 0.3) is 5.91 Å². The topological polar surface area (TPSA) is 99.8 Å². The molecule has 0 aliphatic rings. The predicted octanol–water partition coefficient (Wildman–Crippen LogP) is -0.367. The van der Waals surface area contributed by atoms with Gasteiger partial charge in [-0.15, -0.1) is 0 Å². The van der Waals surface area contributed by atoms with E-state index < -0.39 is 11.9 Å². The van der Waals surface area contributed by atoms with Crippen LogP contribution in [0.3, 0.4) is 0 Å². The number of carboxylic acids is 1.